The van der Waals surface area contributed by atoms with Crippen LogP contribution in [0.15, 0.2) is 16.8 Å². The molecular formula is C10H14N4O2S. The molecule has 92 valence electrons. The van der Waals surface area contributed by atoms with Gasteiger partial charge in [-0.3, -0.25) is 4.21 Å². The summed E-state index contributed by atoms with van der Waals surface area (Å²) < 4.78 is 15.8. The fraction of sp³-hybridized carbons (Fsp3) is 0.400. The molecule has 2 unspecified atom stereocenters. The molecule has 0 aliphatic heterocycles. The summed E-state index contributed by atoms with van der Waals surface area (Å²) in [6, 6.07) is 3.63. The molecule has 0 radical (unpaired) electrons. The monoisotopic (exact) mass is 254 g/mol. The smallest absolute Gasteiger partial charge is 0.160 e. The third-order valence-corrected chi connectivity index (χ3v) is 3.30. The standard InChI is InChI=1S/C10H14N4O2S/c1-6(5-17(2)15)12-8-4-3-7(11)9-10(8)14-16-13-9/h3-4,6,12H,5,11H2,1-2H3. The maximum atomic E-state index is 11.1. The number of benzene rings is 1. The molecule has 1 aromatic carbocycles. The molecule has 2 rings (SSSR count). The van der Waals surface area contributed by atoms with Crippen molar-refractivity contribution in [3.05, 3.63) is 12.1 Å². The molecule has 0 spiro atoms. The first kappa shape index (κ1) is 11.8. The lowest BCUT2D eigenvalue weighted by Gasteiger charge is -2.13. The van der Waals surface area contributed by atoms with Crippen LogP contribution in [0, 0.1) is 0 Å². The number of hydrogen-bond donors (Lipinski definition) is 2. The summed E-state index contributed by atoms with van der Waals surface area (Å²) in [6.45, 7) is 1.96. The SMILES string of the molecule is CC(CS(C)=O)Nc1ccc(N)c2nonc12. The van der Waals surface area contributed by atoms with E-state index in [9.17, 15) is 4.21 Å². The summed E-state index contributed by atoms with van der Waals surface area (Å²) in [6.07, 6.45) is 1.68. The molecule has 6 nitrogen and oxygen atoms in total. The van der Waals surface area contributed by atoms with E-state index in [-0.39, 0.29) is 6.04 Å². The van der Waals surface area contributed by atoms with Crippen LogP contribution < -0.4 is 11.1 Å². The summed E-state index contributed by atoms with van der Waals surface area (Å²) >= 11 is 0. The van der Waals surface area contributed by atoms with Crippen molar-refractivity contribution in [1.82, 2.24) is 10.3 Å². The zero-order chi connectivity index (χ0) is 12.4. The Labute approximate surface area is 101 Å². The third-order valence-electron chi connectivity index (χ3n) is 2.33. The van der Waals surface area contributed by atoms with Crippen LogP contribution >= 0.6 is 0 Å². The van der Waals surface area contributed by atoms with Gasteiger partial charge >= 0.3 is 0 Å². The van der Waals surface area contributed by atoms with Crippen LogP contribution in [0.1, 0.15) is 6.92 Å². The van der Waals surface area contributed by atoms with Crippen LogP contribution in [0.3, 0.4) is 0 Å². The lowest BCUT2D eigenvalue weighted by molar-refractivity contribution is 0.315. The maximum absolute atomic E-state index is 11.1. The zero-order valence-electron chi connectivity index (χ0n) is 9.64. The highest BCUT2D eigenvalue weighted by Gasteiger charge is 2.12. The highest BCUT2D eigenvalue weighted by Crippen LogP contribution is 2.25. The van der Waals surface area contributed by atoms with Crippen molar-refractivity contribution in [3.8, 4) is 0 Å². The van der Waals surface area contributed by atoms with Gasteiger partial charge in [-0.25, -0.2) is 4.63 Å². The summed E-state index contributed by atoms with van der Waals surface area (Å²) in [5, 5.41) is 10.8. The number of nitrogen functional groups attached to an aromatic ring is 1. The molecule has 1 aromatic heterocycles. The number of fused-ring (bicyclic) bond motifs is 1. The van der Waals surface area contributed by atoms with E-state index in [1.54, 1.807) is 12.3 Å². The molecular weight excluding hydrogens is 240 g/mol. The van der Waals surface area contributed by atoms with E-state index < -0.39 is 10.8 Å². The first-order chi connectivity index (χ1) is 8.08. The predicted molar refractivity (Wildman–Crippen MR) is 68.2 cm³/mol. The Morgan fingerprint density at radius 3 is 2.88 bits per heavy atom. The predicted octanol–water partition coefficient (Wildman–Crippen LogP) is 0.984. The lowest BCUT2D eigenvalue weighted by Crippen LogP contribution is -2.22. The topological polar surface area (TPSA) is 94.0 Å². The fourth-order valence-corrected chi connectivity index (χ4v) is 2.45. The third kappa shape index (κ3) is 2.55. The van der Waals surface area contributed by atoms with Crippen molar-refractivity contribution in [2.45, 2.75) is 13.0 Å². The Bertz CT molecular complexity index is 554. The molecule has 2 aromatic rings. The van der Waals surface area contributed by atoms with Crippen molar-refractivity contribution in [2.24, 2.45) is 0 Å². The van der Waals surface area contributed by atoms with Gasteiger partial charge in [0, 0.05) is 28.9 Å². The van der Waals surface area contributed by atoms with Gasteiger partial charge in [0.15, 0.2) is 11.0 Å². The van der Waals surface area contributed by atoms with Crippen LogP contribution in [-0.2, 0) is 10.8 Å². The van der Waals surface area contributed by atoms with Crippen LogP contribution in [0.25, 0.3) is 11.0 Å². The minimum atomic E-state index is -0.844. The highest BCUT2D eigenvalue weighted by molar-refractivity contribution is 7.84. The molecule has 0 fully saturated rings. The number of anilines is 2. The van der Waals surface area contributed by atoms with Crippen LogP contribution in [-0.4, -0.2) is 32.6 Å². The number of rotatable bonds is 4. The first-order valence-corrected chi connectivity index (χ1v) is 6.88. The molecule has 0 saturated heterocycles. The second-order valence-corrected chi connectivity index (χ2v) is 5.43. The number of nitrogens with two attached hydrogens (primary N) is 1. The molecule has 2 atom stereocenters. The van der Waals surface area contributed by atoms with E-state index >= 15 is 0 Å². The second-order valence-electron chi connectivity index (χ2n) is 3.95. The van der Waals surface area contributed by atoms with Crippen LogP contribution in [0.2, 0.25) is 0 Å². The molecule has 3 N–H and O–H groups in total. The molecule has 0 saturated carbocycles. The molecule has 17 heavy (non-hydrogen) atoms. The summed E-state index contributed by atoms with van der Waals surface area (Å²) in [7, 11) is -0.844. The normalized spacial score (nSPS) is 14.7. The minimum absolute atomic E-state index is 0.0735. The molecule has 0 aliphatic carbocycles. The van der Waals surface area contributed by atoms with Gasteiger partial charge in [0.25, 0.3) is 0 Å². The Morgan fingerprint density at radius 2 is 2.18 bits per heavy atom. The Hall–Kier alpha value is -1.63. The quantitative estimate of drug-likeness (QED) is 0.790. The molecule has 0 amide bonds. The summed E-state index contributed by atoms with van der Waals surface area (Å²) in [5.41, 5.74) is 8.19. The Balaban J connectivity index is 2.27. The van der Waals surface area contributed by atoms with Crippen molar-refractivity contribution in [3.63, 3.8) is 0 Å². The molecule has 0 aliphatic rings. The van der Waals surface area contributed by atoms with E-state index in [1.165, 1.54) is 0 Å². The van der Waals surface area contributed by atoms with Gasteiger partial charge < -0.3 is 11.1 Å². The fourth-order valence-electron chi connectivity index (χ4n) is 1.66. The highest BCUT2D eigenvalue weighted by atomic mass is 32.2. The van der Waals surface area contributed by atoms with Gasteiger partial charge in [0.2, 0.25) is 0 Å². The lowest BCUT2D eigenvalue weighted by atomic mass is 10.2. The molecule has 7 heteroatoms. The van der Waals surface area contributed by atoms with Gasteiger partial charge in [-0.15, -0.1) is 0 Å². The van der Waals surface area contributed by atoms with Crippen molar-refractivity contribution in [1.29, 1.82) is 0 Å². The van der Waals surface area contributed by atoms with Gasteiger partial charge in [-0.05, 0) is 29.4 Å². The van der Waals surface area contributed by atoms with E-state index in [1.807, 2.05) is 13.0 Å². The maximum Gasteiger partial charge on any atom is 0.160 e. The van der Waals surface area contributed by atoms with Crippen LogP contribution in [0.4, 0.5) is 11.4 Å². The number of hydrogen-bond acceptors (Lipinski definition) is 6. The average molecular weight is 254 g/mol. The summed E-state index contributed by atoms with van der Waals surface area (Å²) in [5.74, 6) is 0.567. The van der Waals surface area contributed by atoms with Gasteiger partial charge in [-0.1, -0.05) is 0 Å². The van der Waals surface area contributed by atoms with E-state index in [2.05, 4.69) is 20.3 Å². The Morgan fingerprint density at radius 1 is 1.47 bits per heavy atom. The largest absolute Gasteiger partial charge is 0.397 e. The number of nitrogens with one attached hydrogen (secondary N) is 1. The molecule has 0 bridgehead atoms. The van der Waals surface area contributed by atoms with Crippen molar-refractivity contribution < 1.29 is 8.84 Å². The van der Waals surface area contributed by atoms with Crippen LogP contribution in [0.5, 0.6) is 0 Å². The average Bonchev–Trinajstić information content (AvgIpc) is 2.70. The van der Waals surface area contributed by atoms with E-state index in [0.29, 0.717) is 22.5 Å². The number of nitrogens with zero attached hydrogens (tertiary/aromatic N) is 2. The first-order valence-electron chi connectivity index (χ1n) is 5.15. The zero-order valence-corrected chi connectivity index (χ0v) is 10.5. The van der Waals surface area contributed by atoms with Gasteiger partial charge in [0.1, 0.15) is 0 Å². The molecule has 1 heterocycles. The minimum Gasteiger partial charge on any atom is -0.397 e. The van der Waals surface area contributed by atoms with Gasteiger partial charge in [-0.2, -0.15) is 0 Å². The van der Waals surface area contributed by atoms with Crippen molar-refractivity contribution >= 4 is 33.2 Å². The van der Waals surface area contributed by atoms with E-state index in [0.717, 1.165) is 5.69 Å². The second kappa shape index (κ2) is 4.70. The summed E-state index contributed by atoms with van der Waals surface area (Å²) in [4.78, 5) is 0. The Kier molecular flexibility index (Phi) is 3.28. The van der Waals surface area contributed by atoms with Gasteiger partial charge in [0.05, 0.1) is 11.4 Å². The number of aromatic nitrogens is 2. The van der Waals surface area contributed by atoms with Crippen molar-refractivity contribution in [2.75, 3.05) is 23.1 Å². The van der Waals surface area contributed by atoms with E-state index in [4.69, 9.17) is 5.73 Å².